The lowest BCUT2D eigenvalue weighted by molar-refractivity contribution is 0.791. The number of anilines is 2. The molecule has 3 heteroatoms. The largest absolute Gasteiger partial charge is 0.378 e. The summed E-state index contributed by atoms with van der Waals surface area (Å²) >= 11 is 0. The van der Waals surface area contributed by atoms with Crippen LogP contribution in [-0.2, 0) is 0 Å². The van der Waals surface area contributed by atoms with Gasteiger partial charge in [-0.3, -0.25) is 5.01 Å². The molecule has 1 aliphatic rings. The van der Waals surface area contributed by atoms with Crippen molar-refractivity contribution in [1.82, 2.24) is 0 Å². The summed E-state index contributed by atoms with van der Waals surface area (Å²) in [6.07, 6.45) is 5.35. The highest BCUT2D eigenvalue weighted by molar-refractivity contribution is 6.03. The Hall–Kier alpha value is -3.33. The van der Waals surface area contributed by atoms with Gasteiger partial charge in [-0.1, -0.05) is 72.8 Å². The molecule has 3 aromatic carbocycles. The Morgan fingerprint density at radius 2 is 1.50 bits per heavy atom. The van der Waals surface area contributed by atoms with Crippen molar-refractivity contribution in [2.75, 3.05) is 24.0 Å². The smallest absolute Gasteiger partial charge is 0.0765 e. The molecule has 1 unspecified atom stereocenters. The number of rotatable bonds is 5. The SMILES string of the molecule is CN(C)c1ccc(/C=C/C2CC(c3ccccc3)=NN2c2ccccc2)cc1. The molecule has 1 aliphatic heterocycles. The number of hydrogen-bond donors (Lipinski definition) is 0. The zero-order valence-corrected chi connectivity index (χ0v) is 16.4. The maximum Gasteiger partial charge on any atom is 0.0765 e. The second kappa shape index (κ2) is 8.13. The summed E-state index contributed by atoms with van der Waals surface area (Å²) in [4.78, 5) is 2.11. The first kappa shape index (κ1) is 18.1. The molecule has 0 aromatic heterocycles. The highest BCUT2D eigenvalue weighted by Gasteiger charge is 2.26. The third-order valence-corrected chi connectivity index (χ3v) is 4.99. The quantitative estimate of drug-likeness (QED) is 0.597. The van der Waals surface area contributed by atoms with Gasteiger partial charge in [0.25, 0.3) is 0 Å². The van der Waals surface area contributed by atoms with Crippen LogP contribution < -0.4 is 9.91 Å². The summed E-state index contributed by atoms with van der Waals surface area (Å²) in [6.45, 7) is 0. The van der Waals surface area contributed by atoms with Crippen molar-refractivity contribution in [2.45, 2.75) is 12.5 Å². The summed E-state index contributed by atoms with van der Waals surface area (Å²) in [5.41, 5.74) is 5.84. The van der Waals surface area contributed by atoms with Crippen LogP contribution in [0.1, 0.15) is 17.5 Å². The predicted octanol–water partition coefficient (Wildman–Crippen LogP) is 5.45. The van der Waals surface area contributed by atoms with Crippen molar-refractivity contribution < 1.29 is 0 Å². The van der Waals surface area contributed by atoms with Crippen LogP contribution in [0.3, 0.4) is 0 Å². The number of hydrazone groups is 1. The van der Waals surface area contributed by atoms with Crippen LogP contribution in [0.25, 0.3) is 6.08 Å². The van der Waals surface area contributed by atoms with Crippen molar-refractivity contribution in [3.63, 3.8) is 0 Å². The predicted molar refractivity (Wildman–Crippen MR) is 120 cm³/mol. The molecule has 1 atom stereocenters. The molecule has 3 aromatic rings. The Balaban J connectivity index is 1.59. The molecule has 3 nitrogen and oxygen atoms in total. The molecule has 1 heterocycles. The monoisotopic (exact) mass is 367 g/mol. The Morgan fingerprint density at radius 1 is 0.857 bits per heavy atom. The lowest BCUT2D eigenvalue weighted by Gasteiger charge is -2.20. The number of hydrogen-bond acceptors (Lipinski definition) is 3. The van der Waals surface area contributed by atoms with Gasteiger partial charge in [0.2, 0.25) is 0 Å². The van der Waals surface area contributed by atoms with E-state index >= 15 is 0 Å². The zero-order valence-electron chi connectivity index (χ0n) is 16.4. The first-order valence-electron chi connectivity index (χ1n) is 9.63. The van der Waals surface area contributed by atoms with E-state index in [4.69, 9.17) is 5.10 Å². The average molecular weight is 367 g/mol. The summed E-state index contributed by atoms with van der Waals surface area (Å²) in [5, 5.41) is 7.08. The molecule has 0 N–H and O–H groups in total. The summed E-state index contributed by atoms with van der Waals surface area (Å²) < 4.78 is 0. The van der Waals surface area contributed by atoms with E-state index in [0.29, 0.717) is 0 Å². The van der Waals surface area contributed by atoms with Gasteiger partial charge in [-0.05, 0) is 35.4 Å². The first-order chi connectivity index (χ1) is 13.7. The zero-order chi connectivity index (χ0) is 19.3. The highest BCUT2D eigenvalue weighted by Crippen LogP contribution is 2.28. The lowest BCUT2D eigenvalue weighted by atomic mass is 10.0. The lowest BCUT2D eigenvalue weighted by Crippen LogP contribution is -2.23. The minimum Gasteiger partial charge on any atom is -0.378 e. The van der Waals surface area contributed by atoms with Crippen molar-refractivity contribution in [3.05, 3.63) is 102 Å². The number of benzene rings is 3. The fraction of sp³-hybridized carbons (Fsp3) is 0.160. The van der Waals surface area contributed by atoms with Gasteiger partial charge in [-0.25, -0.2) is 0 Å². The van der Waals surface area contributed by atoms with Gasteiger partial charge in [0.15, 0.2) is 0 Å². The van der Waals surface area contributed by atoms with E-state index in [-0.39, 0.29) is 6.04 Å². The van der Waals surface area contributed by atoms with Crippen LogP contribution in [0.5, 0.6) is 0 Å². The second-order valence-electron chi connectivity index (χ2n) is 7.21. The third-order valence-electron chi connectivity index (χ3n) is 4.99. The van der Waals surface area contributed by atoms with Crippen LogP contribution in [0.4, 0.5) is 11.4 Å². The maximum absolute atomic E-state index is 4.95. The van der Waals surface area contributed by atoms with E-state index in [2.05, 4.69) is 109 Å². The molecule has 0 saturated heterocycles. The van der Waals surface area contributed by atoms with Gasteiger partial charge in [0.05, 0.1) is 17.4 Å². The fourth-order valence-electron chi connectivity index (χ4n) is 3.42. The number of nitrogens with zero attached hydrogens (tertiary/aromatic N) is 3. The molecule has 0 saturated carbocycles. The van der Waals surface area contributed by atoms with Crippen molar-refractivity contribution >= 4 is 23.2 Å². The normalized spacial score (nSPS) is 16.4. The van der Waals surface area contributed by atoms with E-state index in [9.17, 15) is 0 Å². The first-order valence-corrected chi connectivity index (χ1v) is 9.63. The van der Waals surface area contributed by atoms with E-state index in [1.165, 1.54) is 16.8 Å². The van der Waals surface area contributed by atoms with E-state index < -0.39 is 0 Å². The van der Waals surface area contributed by atoms with E-state index in [0.717, 1.165) is 17.8 Å². The Bertz CT molecular complexity index is 958. The Morgan fingerprint density at radius 3 is 2.14 bits per heavy atom. The molecule has 0 fully saturated rings. The van der Waals surface area contributed by atoms with Crippen LogP contribution in [0, 0.1) is 0 Å². The molecule has 0 radical (unpaired) electrons. The standard InChI is InChI=1S/C25H25N3/c1-27(2)22-16-13-20(14-17-22)15-18-24-19-25(21-9-5-3-6-10-21)26-28(24)23-11-7-4-8-12-23/h3-18,24H,19H2,1-2H3/b18-15+. The summed E-state index contributed by atoms with van der Waals surface area (Å²) in [7, 11) is 4.12. The van der Waals surface area contributed by atoms with Gasteiger partial charge in [0.1, 0.15) is 0 Å². The maximum atomic E-state index is 4.95. The van der Waals surface area contributed by atoms with Crippen LogP contribution in [0.2, 0.25) is 0 Å². The molecule has 4 rings (SSSR count). The molecular formula is C25H25N3. The molecule has 140 valence electrons. The molecule has 0 bridgehead atoms. The minimum atomic E-state index is 0.200. The van der Waals surface area contributed by atoms with Gasteiger partial charge >= 0.3 is 0 Å². The van der Waals surface area contributed by atoms with Gasteiger partial charge in [0, 0.05) is 26.2 Å². The average Bonchev–Trinajstić information content (AvgIpc) is 3.18. The molecule has 28 heavy (non-hydrogen) atoms. The molecule has 0 amide bonds. The van der Waals surface area contributed by atoms with Crippen molar-refractivity contribution in [3.8, 4) is 0 Å². The summed E-state index contributed by atoms with van der Waals surface area (Å²) in [5.74, 6) is 0. The van der Waals surface area contributed by atoms with Gasteiger partial charge in [-0.15, -0.1) is 0 Å². The van der Waals surface area contributed by atoms with Crippen LogP contribution in [-0.4, -0.2) is 25.8 Å². The minimum absolute atomic E-state index is 0.200. The number of para-hydroxylation sites is 1. The van der Waals surface area contributed by atoms with Gasteiger partial charge < -0.3 is 4.90 Å². The van der Waals surface area contributed by atoms with E-state index in [1.807, 2.05) is 12.1 Å². The van der Waals surface area contributed by atoms with Crippen molar-refractivity contribution in [2.24, 2.45) is 5.10 Å². The van der Waals surface area contributed by atoms with E-state index in [1.54, 1.807) is 0 Å². The highest BCUT2D eigenvalue weighted by atomic mass is 15.5. The van der Waals surface area contributed by atoms with Crippen molar-refractivity contribution in [1.29, 1.82) is 0 Å². The fourth-order valence-corrected chi connectivity index (χ4v) is 3.42. The summed E-state index contributed by atoms with van der Waals surface area (Å²) in [6, 6.07) is 29.7. The third kappa shape index (κ3) is 3.99. The van der Waals surface area contributed by atoms with Crippen LogP contribution >= 0.6 is 0 Å². The van der Waals surface area contributed by atoms with Gasteiger partial charge in [-0.2, -0.15) is 5.10 Å². The molecular weight excluding hydrogens is 342 g/mol. The van der Waals surface area contributed by atoms with Crippen LogP contribution in [0.15, 0.2) is 96.1 Å². The Labute approximate surface area is 167 Å². The molecule has 0 aliphatic carbocycles. The topological polar surface area (TPSA) is 18.8 Å². The molecule has 0 spiro atoms. The Kier molecular flexibility index (Phi) is 5.24. The second-order valence-corrected chi connectivity index (χ2v) is 7.21.